The molecule has 3 aliphatic rings. The first kappa shape index (κ1) is 15.9. The molecule has 0 bridgehead atoms. The Morgan fingerprint density at radius 2 is 1.88 bits per heavy atom. The van der Waals surface area contributed by atoms with Crippen molar-refractivity contribution in [2.24, 2.45) is 0 Å². The number of hydrogen-bond donors (Lipinski definition) is 1. The fraction of sp³-hybridized carbons (Fsp3) is 0.524. The minimum atomic E-state index is -0.903. The van der Waals surface area contributed by atoms with Crippen molar-refractivity contribution in [3.63, 3.8) is 0 Å². The van der Waals surface area contributed by atoms with Gasteiger partial charge in [0.1, 0.15) is 6.54 Å². The van der Waals surface area contributed by atoms with E-state index in [1.807, 2.05) is 28.9 Å². The molecule has 0 radical (unpaired) electrons. The summed E-state index contributed by atoms with van der Waals surface area (Å²) in [5.74, 6) is 0.179. The van der Waals surface area contributed by atoms with Crippen LogP contribution in [0.1, 0.15) is 50.3 Å². The number of aromatic nitrogens is 1. The summed E-state index contributed by atoms with van der Waals surface area (Å²) in [4.78, 5) is 33.8. The van der Waals surface area contributed by atoms with E-state index in [9.17, 15) is 9.59 Å². The van der Waals surface area contributed by atoms with Crippen molar-refractivity contribution in [2.45, 2.75) is 57.0 Å². The van der Waals surface area contributed by atoms with Gasteiger partial charge in [-0.15, -0.1) is 0 Å². The zero-order valence-electron chi connectivity index (χ0n) is 15.3. The molecule has 1 saturated carbocycles. The SMILES string of the molecule is C[C@@]12C(=O)N(C3CCCCC3)CC(=O)N1CCc1c2[nH]c2ccccc12. The fourth-order valence-electron chi connectivity index (χ4n) is 5.32. The van der Waals surface area contributed by atoms with Gasteiger partial charge in [0.15, 0.2) is 5.54 Å². The van der Waals surface area contributed by atoms with Crippen LogP contribution in [-0.2, 0) is 21.5 Å². The highest BCUT2D eigenvalue weighted by atomic mass is 16.2. The number of carbonyl (C=O) groups is 2. The summed E-state index contributed by atoms with van der Waals surface area (Å²) >= 11 is 0. The predicted octanol–water partition coefficient (Wildman–Crippen LogP) is 2.94. The Kier molecular flexibility index (Phi) is 3.43. The first-order valence-corrected chi connectivity index (χ1v) is 9.82. The molecule has 0 unspecified atom stereocenters. The van der Waals surface area contributed by atoms with E-state index in [1.165, 1.54) is 17.4 Å². The molecule has 2 amide bonds. The third-order valence-electron chi connectivity index (χ3n) is 6.73. The van der Waals surface area contributed by atoms with Crippen molar-refractivity contribution in [1.82, 2.24) is 14.8 Å². The van der Waals surface area contributed by atoms with E-state index in [0.717, 1.165) is 43.3 Å². The monoisotopic (exact) mass is 351 g/mol. The van der Waals surface area contributed by atoms with Gasteiger partial charge in [-0.25, -0.2) is 0 Å². The smallest absolute Gasteiger partial charge is 0.255 e. The molecule has 5 heteroatoms. The molecule has 1 N–H and O–H groups in total. The third kappa shape index (κ3) is 2.03. The van der Waals surface area contributed by atoms with Gasteiger partial charge in [0.2, 0.25) is 5.91 Å². The molecule has 26 heavy (non-hydrogen) atoms. The minimum absolute atomic E-state index is 0.0852. The standard InChI is InChI=1S/C21H25N3O2/c1-21-19-16(15-9-5-6-10-17(15)22-19)11-12-24(21)18(25)13-23(20(21)26)14-7-3-2-4-8-14/h5-6,9-10,14,22H,2-4,7-8,11-13H2,1H3/t21-/m1/s1. The van der Waals surface area contributed by atoms with E-state index in [2.05, 4.69) is 17.1 Å². The number of aromatic amines is 1. The average molecular weight is 351 g/mol. The zero-order valence-corrected chi connectivity index (χ0v) is 15.3. The van der Waals surface area contributed by atoms with Crippen LogP contribution >= 0.6 is 0 Å². The molecule has 0 spiro atoms. The number of nitrogens with zero attached hydrogens (tertiary/aromatic N) is 2. The Morgan fingerprint density at radius 1 is 1.12 bits per heavy atom. The van der Waals surface area contributed by atoms with E-state index in [1.54, 1.807) is 0 Å². The quantitative estimate of drug-likeness (QED) is 0.859. The first-order valence-electron chi connectivity index (χ1n) is 9.82. The number of H-pyrrole nitrogens is 1. The van der Waals surface area contributed by atoms with Crippen LogP contribution in [0, 0.1) is 0 Å². The summed E-state index contributed by atoms with van der Waals surface area (Å²) in [5, 5.41) is 1.18. The number of para-hydroxylation sites is 1. The molecular weight excluding hydrogens is 326 g/mol. The Labute approximate surface area is 153 Å². The van der Waals surface area contributed by atoms with Crippen LogP contribution in [0.5, 0.6) is 0 Å². The van der Waals surface area contributed by atoms with Crippen LogP contribution in [0.2, 0.25) is 0 Å². The van der Waals surface area contributed by atoms with Crippen molar-refractivity contribution in [3.8, 4) is 0 Å². The summed E-state index contributed by atoms with van der Waals surface area (Å²) < 4.78 is 0. The Balaban J connectivity index is 1.63. The lowest BCUT2D eigenvalue weighted by atomic mass is 9.82. The highest BCUT2D eigenvalue weighted by Crippen LogP contribution is 2.43. The topological polar surface area (TPSA) is 56.4 Å². The van der Waals surface area contributed by atoms with E-state index >= 15 is 0 Å². The lowest BCUT2D eigenvalue weighted by Crippen LogP contribution is -2.68. The van der Waals surface area contributed by atoms with E-state index in [4.69, 9.17) is 0 Å². The summed E-state index contributed by atoms with van der Waals surface area (Å²) in [6, 6.07) is 8.42. The van der Waals surface area contributed by atoms with Gasteiger partial charge in [0.05, 0.1) is 5.69 Å². The summed E-state index contributed by atoms with van der Waals surface area (Å²) in [7, 11) is 0. The maximum Gasteiger partial charge on any atom is 0.255 e. The first-order chi connectivity index (χ1) is 12.6. The molecule has 136 valence electrons. The molecule has 3 heterocycles. The highest BCUT2D eigenvalue weighted by molar-refractivity contribution is 6.00. The van der Waals surface area contributed by atoms with Crippen LogP contribution in [0.15, 0.2) is 24.3 Å². The van der Waals surface area contributed by atoms with E-state index < -0.39 is 5.54 Å². The molecule has 1 aliphatic carbocycles. The number of hydrogen-bond acceptors (Lipinski definition) is 2. The van der Waals surface area contributed by atoms with Gasteiger partial charge in [0, 0.05) is 23.5 Å². The molecule has 1 atom stereocenters. The molecule has 5 nitrogen and oxygen atoms in total. The number of nitrogens with one attached hydrogen (secondary N) is 1. The van der Waals surface area contributed by atoms with Gasteiger partial charge < -0.3 is 14.8 Å². The van der Waals surface area contributed by atoms with Gasteiger partial charge >= 0.3 is 0 Å². The van der Waals surface area contributed by atoms with Crippen molar-refractivity contribution in [2.75, 3.05) is 13.1 Å². The van der Waals surface area contributed by atoms with Crippen molar-refractivity contribution in [1.29, 1.82) is 0 Å². The average Bonchev–Trinajstić information content (AvgIpc) is 3.06. The summed E-state index contributed by atoms with van der Waals surface area (Å²) in [5.41, 5.74) is 2.27. The van der Waals surface area contributed by atoms with Gasteiger partial charge in [-0.2, -0.15) is 0 Å². The van der Waals surface area contributed by atoms with Gasteiger partial charge in [-0.1, -0.05) is 37.5 Å². The zero-order chi connectivity index (χ0) is 17.9. The normalized spacial score (nSPS) is 27.0. The molecule has 2 fully saturated rings. The molecule has 2 aliphatic heterocycles. The van der Waals surface area contributed by atoms with E-state index in [-0.39, 0.29) is 24.4 Å². The number of piperazine rings is 1. The Bertz CT molecular complexity index is 896. The minimum Gasteiger partial charge on any atom is -0.356 e. The molecule has 1 aromatic carbocycles. The second-order valence-corrected chi connectivity index (χ2v) is 8.12. The van der Waals surface area contributed by atoms with E-state index in [0.29, 0.717) is 6.54 Å². The van der Waals surface area contributed by atoms with Crippen molar-refractivity contribution < 1.29 is 9.59 Å². The van der Waals surface area contributed by atoms with Crippen LogP contribution in [0.3, 0.4) is 0 Å². The van der Waals surface area contributed by atoms with Gasteiger partial charge in [0.25, 0.3) is 5.91 Å². The van der Waals surface area contributed by atoms with Crippen LogP contribution in [0.4, 0.5) is 0 Å². The number of carbonyl (C=O) groups excluding carboxylic acids is 2. The second kappa shape index (κ2) is 5.60. The number of benzene rings is 1. The van der Waals surface area contributed by atoms with Crippen LogP contribution in [-0.4, -0.2) is 45.7 Å². The Hall–Kier alpha value is -2.30. The maximum absolute atomic E-state index is 13.7. The fourth-order valence-corrected chi connectivity index (χ4v) is 5.32. The highest BCUT2D eigenvalue weighted by Gasteiger charge is 2.55. The second-order valence-electron chi connectivity index (χ2n) is 8.12. The molecule has 1 saturated heterocycles. The Morgan fingerprint density at radius 3 is 2.69 bits per heavy atom. The van der Waals surface area contributed by atoms with Gasteiger partial charge in [-0.3, -0.25) is 9.59 Å². The molecule has 5 rings (SSSR count). The summed E-state index contributed by atoms with van der Waals surface area (Å²) in [6.07, 6.45) is 6.39. The molecule has 2 aromatic rings. The van der Waals surface area contributed by atoms with Gasteiger partial charge in [-0.05, 0) is 37.8 Å². The van der Waals surface area contributed by atoms with Crippen LogP contribution in [0.25, 0.3) is 10.9 Å². The van der Waals surface area contributed by atoms with Crippen molar-refractivity contribution in [3.05, 3.63) is 35.5 Å². The molecular formula is C21H25N3O2. The molecule has 1 aromatic heterocycles. The largest absolute Gasteiger partial charge is 0.356 e. The predicted molar refractivity (Wildman–Crippen MR) is 99.7 cm³/mol. The lowest BCUT2D eigenvalue weighted by Gasteiger charge is -2.51. The number of fused-ring (bicyclic) bond motifs is 5. The van der Waals surface area contributed by atoms with Crippen LogP contribution < -0.4 is 0 Å². The lowest BCUT2D eigenvalue weighted by molar-refractivity contribution is -0.169. The maximum atomic E-state index is 13.7. The summed E-state index contributed by atoms with van der Waals surface area (Å²) in [6.45, 7) is 2.80. The van der Waals surface area contributed by atoms with Crippen molar-refractivity contribution >= 4 is 22.7 Å². The third-order valence-corrected chi connectivity index (χ3v) is 6.73. The number of amides is 2. The number of rotatable bonds is 1.